The smallest absolute Gasteiger partial charge is 0.407 e. The fourth-order valence-electron chi connectivity index (χ4n) is 2.30. The number of aliphatic imine (C=N–C) groups is 1. The molecule has 0 spiro atoms. The van der Waals surface area contributed by atoms with Crippen LogP contribution in [0.2, 0.25) is 0 Å². The SMILES string of the molecule is CN=C(NCCCNC(=O)OC(C)(C)C)N(C)Cc1ccccc1C.I. The van der Waals surface area contributed by atoms with E-state index in [1.165, 1.54) is 11.1 Å². The Balaban J connectivity index is 0.00000625. The fourth-order valence-corrected chi connectivity index (χ4v) is 2.30. The Bertz CT molecular complexity index is 585. The first-order valence-corrected chi connectivity index (χ1v) is 8.66. The number of aryl methyl sites for hydroxylation is 1. The Labute approximate surface area is 174 Å². The van der Waals surface area contributed by atoms with E-state index >= 15 is 0 Å². The van der Waals surface area contributed by atoms with Crippen molar-refractivity contribution in [3.63, 3.8) is 0 Å². The van der Waals surface area contributed by atoms with Gasteiger partial charge in [-0.2, -0.15) is 0 Å². The molecule has 0 aliphatic rings. The lowest BCUT2D eigenvalue weighted by molar-refractivity contribution is 0.0527. The number of carbonyl (C=O) groups excluding carboxylic acids is 1. The Morgan fingerprint density at radius 3 is 2.38 bits per heavy atom. The van der Waals surface area contributed by atoms with Gasteiger partial charge in [0.15, 0.2) is 5.96 Å². The number of nitrogens with one attached hydrogen (secondary N) is 2. The molecule has 2 N–H and O–H groups in total. The van der Waals surface area contributed by atoms with E-state index in [0.29, 0.717) is 6.54 Å². The molecule has 0 atom stereocenters. The lowest BCUT2D eigenvalue weighted by atomic mass is 10.1. The van der Waals surface area contributed by atoms with Crippen molar-refractivity contribution in [1.82, 2.24) is 15.5 Å². The van der Waals surface area contributed by atoms with Gasteiger partial charge in [0.25, 0.3) is 0 Å². The van der Waals surface area contributed by atoms with Gasteiger partial charge in [0.1, 0.15) is 5.60 Å². The lowest BCUT2D eigenvalue weighted by Gasteiger charge is -2.23. The minimum Gasteiger partial charge on any atom is -0.444 e. The summed E-state index contributed by atoms with van der Waals surface area (Å²) in [4.78, 5) is 18.0. The molecular formula is C19H33IN4O2. The molecule has 26 heavy (non-hydrogen) atoms. The molecule has 1 rings (SSSR count). The number of guanidine groups is 1. The van der Waals surface area contributed by atoms with Crippen LogP contribution in [-0.2, 0) is 11.3 Å². The summed E-state index contributed by atoms with van der Waals surface area (Å²) in [5, 5.41) is 6.07. The van der Waals surface area contributed by atoms with Crippen molar-refractivity contribution in [3.05, 3.63) is 35.4 Å². The second-order valence-electron chi connectivity index (χ2n) is 7.04. The number of alkyl carbamates (subject to hydrolysis) is 1. The van der Waals surface area contributed by atoms with Crippen LogP contribution in [0.15, 0.2) is 29.3 Å². The topological polar surface area (TPSA) is 66.0 Å². The van der Waals surface area contributed by atoms with Gasteiger partial charge < -0.3 is 20.3 Å². The first-order valence-electron chi connectivity index (χ1n) is 8.66. The Kier molecular flexibility index (Phi) is 11.3. The summed E-state index contributed by atoms with van der Waals surface area (Å²) in [7, 11) is 3.79. The first-order chi connectivity index (χ1) is 11.7. The van der Waals surface area contributed by atoms with Crippen molar-refractivity contribution >= 4 is 36.0 Å². The zero-order valence-electron chi connectivity index (χ0n) is 16.8. The van der Waals surface area contributed by atoms with Crippen molar-refractivity contribution in [1.29, 1.82) is 0 Å². The largest absolute Gasteiger partial charge is 0.444 e. The number of ether oxygens (including phenoxy) is 1. The minimum absolute atomic E-state index is 0. The molecule has 0 bridgehead atoms. The van der Waals surface area contributed by atoms with E-state index in [9.17, 15) is 4.79 Å². The fraction of sp³-hybridized carbons (Fsp3) is 0.579. The van der Waals surface area contributed by atoms with Gasteiger partial charge in [-0.3, -0.25) is 4.99 Å². The number of nitrogens with zero attached hydrogens (tertiary/aromatic N) is 2. The van der Waals surface area contributed by atoms with E-state index in [-0.39, 0.29) is 30.1 Å². The predicted molar refractivity (Wildman–Crippen MR) is 118 cm³/mol. The highest BCUT2D eigenvalue weighted by atomic mass is 127. The van der Waals surface area contributed by atoms with Crippen LogP contribution < -0.4 is 10.6 Å². The Morgan fingerprint density at radius 1 is 1.19 bits per heavy atom. The van der Waals surface area contributed by atoms with Gasteiger partial charge in [-0.15, -0.1) is 24.0 Å². The normalized spacial score (nSPS) is 11.4. The van der Waals surface area contributed by atoms with Crippen LogP contribution in [0.5, 0.6) is 0 Å². The summed E-state index contributed by atoms with van der Waals surface area (Å²) in [5.74, 6) is 0.834. The second kappa shape index (κ2) is 12.0. The van der Waals surface area contributed by atoms with Crippen molar-refractivity contribution < 1.29 is 9.53 Å². The predicted octanol–water partition coefficient (Wildman–Crippen LogP) is 3.54. The highest BCUT2D eigenvalue weighted by molar-refractivity contribution is 14.0. The number of halogens is 1. The summed E-state index contributed by atoms with van der Waals surface area (Å²) < 4.78 is 5.20. The van der Waals surface area contributed by atoms with Crippen LogP contribution in [-0.4, -0.2) is 49.7 Å². The van der Waals surface area contributed by atoms with Gasteiger partial charge in [0, 0.05) is 33.7 Å². The maximum Gasteiger partial charge on any atom is 0.407 e. The third-order valence-electron chi connectivity index (χ3n) is 3.55. The molecule has 0 saturated carbocycles. The van der Waals surface area contributed by atoms with Gasteiger partial charge in [-0.1, -0.05) is 24.3 Å². The van der Waals surface area contributed by atoms with E-state index in [1.807, 2.05) is 33.9 Å². The number of amides is 1. The van der Waals surface area contributed by atoms with Crippen molar-refractivity contribution in [2.24, 2.45) is 4.99 Å². The summed E-state index contributed by atoms with van der Waals surface area (Å²) in [5.41, 5.74) is 2.08. The molecule has 0 fully saturated rings. The molecule has 1 aromatic rings. The average Bonchev–Trinajstić information content (AvgIpc) is 2.51. The van der Waals surface area contributed by atoms with Crippen LogP contribution in [0.4, 0.5) is 4.79 Å². The maximum absolute atomic E-state index is 11.6. The van der Waals surface area contributed by atoms with Crippen molar-refractivity contribution in [2.45, 2.75) is 46.3 Å². The number of hydrogen-bond donors (Lipinski definition) is 2. The molecular weight excluding hydrogens is 443 g/mol. The van der Waals surface area contributed by atoms with E-state index in [0.717, 1.165) is 25.5 Å². The van der Waals surface area contributed by atoms with Crippen LogP contribution in [0.1, 0.15) is 38.3 Å². The molecule has 148 valence electrons. The quantitative estimate of drug-likeness (QED) is 0.285. The lowest BCUT2D eigenvalue weighted by Crippen LogP contribution is -2.40. The Morgan fingerprint density at radius 2 is 1.81 bits per heavy atom. The molecule has 6 nitrogen and oxygen atoms in total. The van der Waals surface area contributed by atoms with Crippen molar-refractivity contribution in [2.75, 3.05) is 27.2 Å². The molecule has 0 heterocycles. The Hall–Kier alpha value is -1.51. The van der Waals surface area contributed by atoms with E-state index < -0.39 is 5.60 Å². The summed E-state index contributed by atoms with van der Waals surface area (Å²) in [6, 6.07) is 8.34. The molecule has 0 saturated heterocycles. The van der Waals surface area contributed by atoms with E-state index in [1.54, 1.807) is 7.05 Å². The van der Waals surface area contributed by atoms with E-state index in [2.05, 4.69) is 45.6 Å². The van der Waals surface area contributed by atoms with Crippen LogP contribution in [0.25, 0.3) is 0 Å². The molecule has 0 unspecified atom stereocenters. The molecule has 0 aromatic heterocycles. The summed E-state index contributed by atoms with van der Waals surface area (Å²) in [6.07, 6.45) is 0.407. The van der Waals surface area contributed by atoms with Gasteiger partial charge in [0.05, 0.1) is 0 Å². The highest BCUT2D eigenvalue weighted by Crippen LogP contribution is 2.09. The number of carbonyl (C=O) groups is 1. The standard InChI is InChI=1S/C19H32N4O2.HI/c1-15-10-7-8-11-16(15)14-23(6)17(20-5)21-12-9-13-22-18(24)25-19(2,3)4;/h7-8,10-11H,9,12-14H2,1-6H3,(H,20,21)(H,22,24);1H. The highest BCUT2D eigenvalue weighted by Gasteiger charge is 2.15. The third kappa shape index (κ3) is 9.84. The van der Waals surface area contributed by atoms with Gasteiger partial charge in [-0.25, -0.2) is 4.79 Å². The maximum atomic E-state index is 11.6. The zero-order valence-corrected chi connectivity index (χ0v) is 19.1. The van der Waals surface area contributed by atoms with Crippen molar-refractivity contribution in [3.8, 4) is 0 Å². The number of hydrogen-bond acceptors (Lipinski definition) is 3. The molecule has 0 radical (unpaired) electrons. The number of benzene rings is 1. The minimum atomic E-state index is -0.470. The molecule has 0 aliphatic heterocycles. The van der Waals surface area contributed by atoms with Gasteiger partial charge in [-0.05, 0) is 45.2 Å². The third-order valence-corrected chi connectivity index (χ3v) is 3.55. The molecule has 1 amide bonds. The summed E-state index contributed by atoms with van der Waals surface area (Å²) in [6.45, 7) is 9.73. The van der Waals surface area contributed by atoms with Gasteiger partial charge in [0.2, 0.25) is 0 Å². The zero-order chi connectivity index (χ0) is 18.9. The van der Waals surface area contributed by atoms with E-state index in [4.69, 9.17) is 4.74 Å². The van der Waals surface area contributed by atoms with Gasteiger partial charge >= 0.3 is 6.09 Å². The number of rotatable bonds is 6. The first kappa shape index (κ1) is 24.5. The summed E-state index contributed by atoms with van der Waals surface area (Å²) >= 11 is 0. The molecule has 0 aliphatic carbocycles. The average molecular weight is 476 g/mol. The molecule has 1 aromatic carbocycles. The molecule has 7 heteroatoms. The second-order valence-corrected chi connectivity index (χ2v) is 7.04. The van der Waals surface area contributed by atoms with Crippen LogP contribution >= 0.6 is 24.0 Å². The van der Waals surface area contributed by atoms with Crippen LogP contribution in [0.3, 0.4) is 0 Å². The van der Waals surface area contributed by atoms with Crippen LogP contribution in [0, 0.1) is 6.92 Å². The monoisotopic (exact) mass is 476 g/mol.